The first kappa shape index (κ1) is 10.2. The minimum atomic E-state index is 0.919. The molecule has 0 atom stereocenters. The number of hydrogen-bond donors (Lipinski definition) is 1. The van der Waals surface area contributed by atoms with Crippen LogP contribution < -0.4 is 5.32 Å². The maximum absolute atomic E-state index is 4.49. The summed E-state index contributed by atoms with van der Waals surface area (Å²) in [5.74, 6) is 1.12. The van der Waals surface area contributed by atoms with E-state index >= 15 is 0 Å². The van der Waals surface area contributed by atoms with E-state index in [1.165, 1.54) is 11.1 Å². The number of likely N-dealkylation sites (N-methyl/N-ethyl adjacent to an activating group) is 1. The SMILES string of the molecule is CNCc1ccc(C2=NCCN2C)cc1. The molecule has 3 heteroatoms. The largest absolute Gasteiger partial charge is 0.358 e. The van der Waals surface area contributed by atoms with Gasteiger partial charge in [0.25, 0.3) is 0 Å². The second kappa shape index (κ2) is 4.45. The molecule has 80 valence electrons. The summed E-state index contributed by atoms with van der Waals surface area (Å²) >= 11 is 0. The van der Waals surface area contributed by atoms with Gasteiger partial charge in [-0.15, -0.1) is 0 Å². The third-order valence-corrected chi connectivity index (χ3v) is 2.65. The number of nitrogens with one attached hydrogen (secondary N) is 1. The molecule has 1 aliphatic heterocycles. The Hall–Kier alpha value is -1.35. The molecule has 0 fully saturated rings. The van der Waals surface area contributed by atoms with Crippen molar-refractivity contribution in [2.24, 2.45) is 4.99 Å². The predicted molar refractivity (Wildman–Crippen MR) is 63.2 cm³/mol. The van der Waals surface area contributed by atoms with Gasteiger partial charge in [0.2, 0.25) is 0 Å². The Balaban J connectivity index is 2.16. The maximum atomic E-state index is 4.49. The number of rotatable bonds is 3. The molecule has 0 bridgehead atoms. The zero-order valence-electron chi connectivity index (χ0n) is 9.33. The van der Waals surface area contributed by atoms with Crippen molar-refractivity contribution in [1.29, 1.82) is 0 Å². The van der Waals surface area contributed by atoms with E-state index in [2.05, 4.69) is 46.5 Å². The molecule has 0 spiro atoms. The first-order valence-electron chi connectivity index (χ1n) is 5.31. The molecule has 15 heavy (non-hydrogen) atoms. The van der Waals surface area contributed by atoms with E-state index in [1.807, 2.05) is 7.05 Å². The van der Waals surface area contributed by atoms with Crippen molar-refractivity contribution in [2.45, 2.75) is 6.54 Å². The molecule has 0 aromatic heterocycles. The lowest BCUT2D eigenvalue weighted by molar-refractivity contribution is 0.557. The van der Waals surface area contributed by atoms with E-state index in [-0.39, 0.29) is 0 Å². The van der Waals surface area contributed by atoms with Gasteiger partial charge in [-0.1, -0.05) is 24.3 Å². The summed E-state index contributed by atoms with van der Waals surface area (Å²) in [6.07, 6.45) is 0. The molecule has 1 aliphatic rings. The van der Waals surface area contributed by atoms with Crippen LogP contribution in [0.5, 0.6) is 0 Å². The lowest BCUT2D eigenvalue weighted by Crippen LogP contribution is -2.23. The van der Waals surface area contributed by atoms with Gasteiger partial charge in [-0.2, -0.15) is 0 Å². The Labute approximate surface area is 90.8 Å². The summed E-state index contributed by atoms with van der Waals surface area (Å²) < 4.78 is 0. The zero-order chi connectivity index (χ0) is 10.7. The molecule has 2 rings (SSSR count). The first-order chi connectivity index (χ1) is 7.31. The molecule has 0 aliphatic carbocycles. The highest BCUT2D eigenvalue weighted by Gasteiger charge is 2.13. The van der Waals surface area contributed by atoms with Gasteiger partial charge in [0.05, 0.1) is 6.54 Å². The summed E-state index contributed by atoms with van der Waals surface area (Å²) in [7, 11) is 4.05. The topological polar surface area (TPSA) is 27.6 Å². The van der Waals surface area contributed by atoms with E-state index in [9.17, 15) is 0 Å². The highest BCUT2D eigenvalue weighted by Crippen LogP contribution is 2.11. The van der Waals surface area contributed by atoms with Crippen LogP contribution in [0.25, 0.3) is 0 Å². The molecule has 0 saturated heterocycles. The van der Waals surface area contributed by atoms with Crippen LogP contribution >= 0.6 is 0 Å². The van der Waals surface area contributed by atoms with Gasteiger partial charge in [-0.25, -0.2) is 0 Å². The molecule has 0 radical (unpaired) electrons. The molecule has 0 unspecified atom stereocenters. The average molecular weight is 203 g/mol. The third kappa shape index (κ3) is 2.18. The molecule has 1 N–H and O–H groups in total. The smallest absolute Gasteiger partial charge is 0.130 e. The summed E-state index contributed by atoms with van der Waals surface area (Å²) in [5, 5.41) is 3.14. The summed E-state index contributed by atoms with van der Waals surface area (Å²) in [4.78, 5) is 6.69. The molecule has 1 aromatic carbocycles. The van der Waals surface area contributed by atoms with Gasteiger partial charge in [0.1, 0.15) is 5.84 Å². The number of benzene rings is 1. The predicted octanol–water partition coefficient (Wildman–Crippen LogP) is 1.10. The Morgan fingerprint density at radius 2 is 2.07 bits per heavy atom. The monoisotopic (exact) mass is 203 g/mol. The van der Waals surface area contributed by atoms with Crippen LogP contribution in [0.1, 0.15) is 11.1 Å². The van der Waals surface area contributed by atoms with Crippen LogP contribution in [-0.2, 0) is 6.54 Å². The van der Waals surface area contributed by atoms with Crippen molar-refractivity contribution < 1.29 is 0 Å². The minimum absolute atomic E-state index is 0.919. The summed E-state index contributed by atoms with van der Waals surface area (Å²) in [6.45, 7) is 2.88. The van der Waals surface area contributed by atoms with Crippen molar-refractivity contribution in [3.8, 4) is 0 Å². The fourth-order valence-electron chi connectivity index (χ4n) is 1.82. The molecule has 1 aromatic rings. The van der Waals surface area contributed by atoms with Gasteiger partial charge in [0.15, 0.2) is 0 Å². The quantitative estimate of drug-likeness (QED) is 0.796. The van der Waals surface area contributed by atoms with Crippen molar-refractivity contribution in [1.82, 2.24) is 10.2 Å². The van der Waals surface area contributed by atoms with Gasteiger partial charge in [-0.05, 0) is 12.6 Å². The molecule has 1 heterocycles. The number of hydrogen-bond acceptors (Lipinski definition) is 3. The van der Waals surface area contributed by atoms with Crippen LogP contribution in [0.2, 0.25) is 0 Å². The third-order valence-electron chi connectivity index (χ3n) is 2.65. The van der Waals surface area contributed by atoms with Gasteiger partial charge in [-0.3, -0.25) is 4.99 Å². The van der Waals surface area contributed by atoms with E-state index in [0.717, 1.165) is 25.5 Å². The Bertz CT molecular complexity index is 354. The normalized spacial score (nSPS) is 15.6. The summed E-state index contributed by atoms with van der Waals surface area (Å²) in [5.41, 5.74) is 2.53. The average Bonchev–Trinajstić information content (AvgIpc) is 2.66. The molecule has 0 amide bonds. The first-order valence-corrected chi connectivity index (χ1v) is 5.31. The number of amidine groups is 1. The molecule has 3 nitrogen and oxygen atoms in total. The van der Waals surface area contributed by atoms with Crippen molar-refractivity contribution in [3.63, 3.8) is 0 Å². The molecular weight excluding hydrogens is 186 g/mol. The zero-order valence-corrected chi connectivity index (χ0v) is 9.33. The Morgan fingerprint density at radius 3 is 2.60 bits per heavy atom. The highest BCUT2D eigenvalue weighted by atomic mass is 15.2. The van der Waals surface area contributed by atoms with Crippen LogP contribution in [0, 0.1) is 0 Å². The standard InChI is InChI=1S/C12H17N3/c1-13-9-10-3-5-11(6-4-10)12-14-7-8-15(12)2/h3-6,13H,7-9H2,1-2H3. The van der Waals surface area contributed by atoms with E-state index in [4.69, 9.17) is 0 Å². The second-order valence-corrected chi connectivity index (χ2v) is 3.85. The fraction of sp³-hybridized carbons (Fsp3) is 0.417. The van der Waals surface area contributed by atoms with Crippen molar-refractivity contribution in [2.75, 3.05) is 27.2 Å². The molecule has 0 saturated carbocycles. The Kier molecular flexibility index (Phi) is 3.02. The van der Waals surface area contributed by atoms with E-state index < -0.39 is 0 Å². The van der Waals surface area contributed by atoms with E-state index in [1.54, 1.807) is 0 Å². The van der Waals surface area contributed by atoms with Crippen LogP contribution in [0.3, 0.4) is 0 Å². The lowest BCUT2D eigenvalue weighted by atomic mass is 10.1. The van der Waals surface area contributed by atoms with Crippen LogP contribution in [0.15, 0.2) is 29.3 Å². The van der Waals surface area contributed by atoms with E-state index in [0.29, 0.717) is 0 Å². The molecular formula is C12H17N3. The number of nitrogens with zero attached hydrogens (tertiary/aromatic N) is 2. The number of aliphatic imine (C=N–C) groups is 1. The van der Waals surface area contributed by atoms with Crippen molar-refractivity contribution >= 4 is 5.84 Å². The Morgan fingerprint density at radius 1 is 1.33 bits per heavy atom. The van der Waals surface area contributed by atoms with Crippen LogP contribution in [0.4, 0.5) is 0 Å². The van der Waals surface area contributed by atoms with Gasteiger partial charge < -0.3 is 10.2 Å². The van der Waals surface area contributed by atoms with Gasteiger partial charge in [0, 0.05) is 25.7 Å². The maximum Gasteiger partial charge on any atom is 0.130 e. The van der Waals surface area contributed by atoms with Crippen molar-refractivity contribution in [3.05, 3.63) is 35.4 Å². The minimum Gasteiger partial charge on any atom is -0.358 e. The summed E-state index contributed by atoms with van der Waals surface area (Å²) in [6, 6.07) is 8.60. The van der Waals surface area contributed by atoms with Gasteiger partial charge >= 0.3 is 0 Å². The van der Waals surface area contributed by atoms with Crippen LogP contribution in [-0.4, -0.2) is 37.9 Å². The lowest BCUT2D eigenvalue weighted by Gasteiger charge is -2.13. The highest BCUT2D eigenvalue weighted by molar-refractivity contribution is 5.99. The second-order valence-electron chi connectivity index (χ2n) is 3.85. The fourth-order valence-corrected chi connectivity index (χ4v) is 1.82.